The van der Waals surface area contributed by atoms with Gasteiger partial charge in [-0.15, -0.1) is 0 Å². The molecule has 0 saturated carbocycles. The SMILES string of the molecule is Cc1ccccc1CN(C(=O)CN(c1ccc(Cl)c(Cl)c1)S(=O)(=O)c1ccccc1)C(Cc1ccccc1)C(=O)NC(C)C. The molecule has 230 valence electrons. The molecule has 1 atom stereocenters. The molecule has 7 nitrogen and oxygen atoms in total. The van der Waals surface area contributed by atoms with Crippen LogP contribution in [0.25, 0.3) is 0 Å². The minimum absolute atomic E-state index is 0.00251. The predicted octanol–water partition coefficient (Wildman–Crippen LogP) is 6.66. The number of halogens is 2. The second-order valence-electron chi connectivity index (χ2n) is 10.7. The van der Waals surface area contributed by atoms with E-state index in [0.717, 1.165) is 21.0 Å². The van der Waals surface area contributed by atoms with Gasteiger partial charge in [-0.3, -0.25) is 13.9 Å². The summed E-state index contributed by atoms with van der Waals surface area (Å²) in [4.78, 5) is 29.7. The lowest BCUT2D eigenvalue weighted by atomic mass is 10.0. The first-order valence-corrected chi connectivity index (χ1v) is 16.4. The van der Waals surface area contributed by atoms with Gasteiger partial charge in [0.25, 0.3) is 10.0 Å². The van der Waals surface area contributed by atoms with Gasteiger partial charge in [-0.2, -0.15) is 0 Å². The van der Waals surface area contributed by atoms with Crippen LogP contribution in [0.4, 0.5) is 5.69 Å². The summed E-state index contributed by atoms with van der Waals surface area (Å²) in [5.74, 6) is -0.892. The fourth-order valence-electron chi connectivity index (χ4n) is 4.79. The Hall–Kier alpha value is -3.85. The zero-order valence-electron chi connectivity index (χ0n) is 24.8. The summed E-state index contributed by atoms with van der Waals surface area (Å²) >= 11 is 12.5. The Morgan fingerprint density at radius 1 is 0.818 bits per heavy atom. The van der Waals surface area contributed by atoms with E-state index in [9.17, 15) is 18.0 Å². The van der Waals surface area contributed by atoms with Crippen LogP contribution in [0, 0.1) is 6.92 Å². The van der Waals surface area contributed by atoms with Crippen LogP contribution in [-0.4, -0.2) is 43.8 Å². The molecule has 0 spiro atoms. The summed E-state index contributed by atoms with van der Waals surface area (Å²) in [5, 5.41) is 3.34. The zero-order valence-corrected chi connectivity index (χ0v) is 27.1. The Bertz CT molecular complexity index is 1700. The maximum absolute atomic E-state index is 14.5. The van der Waals surface area contributed by atoms with Gasteiger partial charge in [-0.25, -0.2) is 8.42 Å². The number of carbonyl (C=O) groups excluding carboxylic acids is 2. The Morgan fingerprint density at radius 2 is 1.43 bits per heavy atom. The quantitative estimate of drug-likeness (QED) is 0.186. The Balaban J connectivity index is 1.82. The van der Waals surface area contributed by atoms with Crippen LogP contribution in [-0.2, 0) is 32.6 Å². The third-order valence-corrected chi connectivity index (χ3v) is 9.63. The number of nitrogens with zero attached hydrogens (tertiary/aromatic N) is 2. The van der Waals surface area contributed by atoms with Crippen molar-refractivity contribution in [1.82, 2.24) is 10.2 Å². The van der Waals surface area contributed by atoms with Crippen LogP contribution in [0.1, 0.15) is 30.5 Å². The maximum Gasteiger partial charge on any atom is 0.264 e. The molecule has 0 aromatic heterocycles. The van der Waals surface area contributed by atoms with E-state index in [4.69, 9.17) is 23.2 Å². The Labute approximate surface area is 269 Å². The first-order chi connectivity index (χ1) is 21.0. The van der Waals surface area contributed by atoms with Crippen molar-refractivity contribution in [2.24, 2.45) is 0 Å². The van der Waals surface area contributed by atoms with E-state index in [1.165, 1.54) is 35.2 Å². The molecular formula is C34H35Cl2N3O4S. The van der Waals surface area contributed by atoms with Gasteiger partial charge in [0, 0.05) is 19.0 Å². The van der Waals surface area contributed by atoms with E-state index in [1.807, 2.05) is 75.4 Å². The monoisotopic (exact) mass is 651 g/mol. The molecule has 0 fully saturated rings. The summed E-state index contributed by atoms with van der Waals surface area (Å²) in [6, 6.07) is 28.2. The normalized spacial score (nSPS) is 12.0. The average Bonchev–Trinajstić information content (AvgIpc) is 3.00. The van der Waals surface area contributed by atoms with Gasteiger partial charge in [0.2, 0.25) is 11.8 Å². The molecule has 1 unspecified atom stereocenters. The molecular weight excluding hydrogens is 617 g/mol. The van der Waals surface area contributed by atoms with Crippen molar-refractivity contribution in [2.45, 2.75) is 50.7 Å². The Morgan fingerprint density at radius 3 is 2.05 bits per heavy atom. The summed E-state index contributed by atoms with van der Waals surface area (Å²) in [5.41, 5.74) is 2.80. The van der Waals surface area contributed by atoms with Crippen LogP contribution in [0.2, 0.25) is 10.0 Å². The molecule has 44 heavy (non-hydrogen) atoms. The summed E-state index contributed by atoms with van der Waals surface area (Å²) in [6.07, 6.45) is 0.231. The molecule has 4 rings (SSSR count). The van der Waals surface area contributed by atoms with Crippen molar-refractivity contribution in [3.8, 4) is 0 Å². The average molecular weight is 653 g/mol. The van der Waals surface area contributed by atoms with Crippen LogP contribution < -0.4 is 9.62 Å². The van der Waals surface area contributed by atoms with E-state index in [2.05, 4.69) is 5.32 Å². The van der Waals surface area contributed by atoms with Gasteiger partial charge in [0.05, 0.1) is 20.6 Å². The van der Waals surface area contributed by atoms with Crippen LogP contribution in [0.3, 0.4) is 0 Å². The van der Waals surface area contributed by atoms with Gasteiger partial charge >= 0.3 is 0 Å². The smallest absolute Gasteiger partial charge is 0.264 e. The van der Waals surface area contributed by atoms with Gasteiger partial charge in [0.1, 0.15) is 12.6 Å². The van der Waals surface area contributed by atoms with E-state index in [-0.39, 0.29) is 45.5 Å². The molecule has 0 heterocycles. The topological polar surface area (TPSA) is 86.8 Å². The number of sulfonamides is 1. The Kier molecular flexibility index (Phi) is 11.1. The molecule has 10 heteroatoms. The highest BCUT2D eigenvalue weighted by Crippen LogP contribution is 2.31. The van der Waals surface area contributed by atoms with Crippen LogP contribution in [0.5, 0.6) is 0 Å². The van der Waals surface area contributed by atoms with E-state index >= 15 is 0 Å². The molecule has 1 N–H and O–H groups in total. The fourth-order valence-corrected chi connectivity index (χ4v) is 6.51. The molecule has 2 amide bonds. The molecule has 0 radical (unpaired) electrons. The number of rotatable bonds is 12. The predicted molar refractivity (Wildman–Crippen MR) is 176 cm³/mol. The van der Waals surface area contributed by atoms with Crippen molar-refractivity contribution < 1.29 is 18.0 Å². The second kappa shape index (κ2) is 14.8. The van der Waals surface area contributed by atoms with Crippen molar-refractivity contribution in [1.29, 1.82) is 0 Å². The molecule has 4 aromatic rings. The lowest BCUT2D eigenvalue weighted by Crippen LogP contribution is -2.54. The van der Waals surface area contributed by atoms with Crippen molar-refractivity contribution in [2.75, 3.05) is 10.8 Å². The third kappa shape index (κ3) is 8.20. The standard InChI is InChI=1S/C34H35Cl2N3O4S/c1-24(2)37-34(41)32(20-26-13-6-4-7-14-26)38(22-27-15-11-10-12-25(27)3)33(40)23-39(28-18-19-30(35)31(36)21-28)44(42,43)29-16-8-5-9-17-29/h4-19,21,24,32H,20,22-23H2,1-3H3,(H,37,41). The highest BCUT2D eigenvalue weighted by molar-refractivity contribution is 7.92. The van der Waals surface area contributed by atoms with Crippen molar-refractivity contribution in [3.63, 3.8) is 0 Å². The minimum atomic E-state index is -4.23. The first-order valence-electron chi connectivity index (χ1n) is 14.2. The van der Waals surface area contributed by atoms with Gasteiger partial charge in [-0.1, -0.05) is 96.0 Å². The number of hydrogen-bond acceptors (Lipinski definition) is 4. The summed E-state index contributed by atoms with van der Waals surface area (Å²) in [7, 11) is -4.23. The molecule has 4 aromatic carbocycles. The maximum atomic E-state index is 14.5. The van der Waals surface area contributed by atoms with Crippen LogP contribution >= 0.6 is 23.2 Å². The van der Waals surface area contributed by atoms with E-state index in [1.54, 1.807) is 18.2 Å². The number of aryl methyl sites for hydroxylation is 1. The van der Waals surface area contributed by atoms with E-state index in [0.29, 0.717) is 0 Å². The molecule has 0 aliphatic rings. The lowest BCUT2D eigenvalue weighted by Gasteiger charge is -2.34. The number of anilines is 1. The summed E-state index contributed by atoms with van der Waals surface area (Å²) in [6.45, 7) is 5.14. The number of amides is 2. The highest BCUT2D eigenvalue weighted by atomic mass is 35.5. The van der Waals surface area contributed by atoms with Gasteiger partial charge in [0.15, 0.2) is 0 Å². The zero-order chi connectivity index (χ0) is 31.9. The second-order valence-corrected chi connectivity index (χ2v) is 13.4. The van der Waals surface area contributed by atoms with Gasteiger partial charge in [-0.05, 0) is 67.8 Å². The van der Waals surface area contributed by atoms with Crippen LogP contribution in [0.15, 0.2) is 108 Å². The van der Waals surface area contributed by atoms with E-state index < -0.39 is 28.5 Å². The van der Waals surface area contributed by atoms with Crippen molar-refractivity contribution >= 4 is 50.7 Å². The molecule has 0 aliphatic carbocycles. The third-order valence-electron chi connectivity index (χ3n) is 7.11. The molecule has 0 aliphatic heterocycles. The molecule has 0 bridgehead atoms. The van der Waals surface area contributed by atoms with Gasteiger partial charge < -0.3 is 10.2 Å². The summed E-state index contributed by atoms with van der Waals surface area (Å²) < 4.78 is 29.1. The number of hydrogen-bond donors (Lipinski definition) is 1. The van der Waals surface area contributed by atoms with Crippen molar-refractivity contribution in [3.05, 3.63) is 130 Å². The lowest BCUT2D eigenvalue weighted by molar-refractivity contribution is -0.140. The minimum Gasteiger partial charge on any atom is -0.352 e. The largest absolute Gasteiger partial charge is 0.352 e. The number of carbonyl (C=O) groups is 2. The first kappa shape index (κ1) is 33.1. The molecule has 0 saturated heterocycles. The highest BCUT2D eigenvalue weighted by Gasteiger charge is 2.35. The fraction of sp³-hybridized carbons (Fsp3) is 0.235. The number of nitrogens with one attached hydrogen (secondary N) is 1. The number of benzene rings is 4.